The minimum absolute atomic E-state index is 0.0236. The molecule has 2 heterocycles. The van der Waals surface area contributed by atoms with Crippen molar-refractivity contribution in [3.63, 3.8) is 0 Å². The van der Waals surface area contributed by atoms with Crippen LogP contribution >= 0.6 is 0 Å². The van der Waals surface area contributed by atoms with E-state index in [1.807, 2.05) is 49.4 Å². The number of rotatable bonds is 7. The number of ether oxygens (including phenoxy) is 3. The van der Waals surface area contributed by atoms with Crippen molar-refractivity contribution >= 4 is 16.7 Å². The van der Waals surface area contributed by atoms with Gasteiger partial charge in [0, 0.05) is 48.9 Å². The highest BCUT2D eigenvalue weighted by molar-refractivity contribution is 6.17. The van der Waals surface area contributed by atoms with Gasteiger partial charge in [-0.05, 0) is 43.3 Å². The van der Waals surface area contributed by atoms with Crippen molar-refractivity contribution in [1.82, 2.24) is 9.47 Å². The van der Waals surface area contributed by atoms with Gasteiger partial charge in [-0.15, -0.1) is 0 Å². The Labute approximate surface area is 176 Å². The van der Waals surface area contributed by atoms with E-state index in [2.05, 4.69) is 9.47 Å². The number of fused-ring (bicyclic) bond motifs is 1. The number of carbonyl (C=O) groups is 1. The third kappa shape index (κ3) is 3.93. The molecular weight excluding hydrogens is 380 g/mol. The third-order valence-corrected chi connectivity index (χ3v) is 5.85. The zero-order chi connectivity index (χ0) is 21.1. The van der Waals surface area contributed by atoms with Gasteiger partial charge >= 0.3 is 0 Å². The minimum atomic E-state index is 0.0236. The van der Waals surface area contributed by atoms with Crippen LogP contribution in [0.25, 0.3) is 10.9 Å². The molecule has 0 radical (unpaired) electrons. The van der Waals surface area contributed by atoms with Crippen LogP contribution in [0.4, 0.5) is 0 Å². The van der Waals surface area contributed by atoms with Crippen LogP contribution in [0.15, 0.2) is 42.5 Å². The van der Waals surface area contributed by atoms with Crippen molar-refractivity contribution in [1.29, 1.82) is 0 Å². The van der Waals surface area contributed by atoms with Crippen molar-refractivity contribution in [2.45, 2.75) is 13.5 Å². The molecule has 0 unspecified atom stereocenters. The van der Waals surface area contributed by atoms with Crippen LogP contribution in [0.5, 0.6) is 11.5 Å². The highest BCUT2D eigenvalue weighted by Crippen LogP contribution is 2.31. The molecule has 0 amide bonds. The molecule has 4 rings (SSSR count). The molecule has 0 saturated carbocycles. The predicted molar refractivity (Wildman–Crippen MR) is 117 cm³/mol. The topological polar surface area (TPSA) is 52.9 Å². The molecule has 1 saturated heterocycles. The van der Waals surface area contributed by atoms with E-state index in [4.69, 9.17) is 14.2 Å². The molecule has 2 aromatic carbocycles. The van der Waals surface area contributed by atoms with Crippen LogP contribution in [0.3, 0.4) is 0 Å². The van der Waals surface area contributed by atoms with Crippen LogP contribution in [-0.4, -0.2) is 62.3 Å². The molecule has 6 heteroatoms. The maximum Gasteiger partial charge on any atom is 0.195 e. The number of benzene rings is 2. The van der Waals surface area contributed by atoms with Crippen LogP contribution in [-0.2, 0) is 11.3 Å². The molecule has 3 aromatic rings. The van der Waals surface area contributed by atoms with Gasteiger partial charge in [0.05, 0.1) is 38.5 Å². The smallest absolute Gasteiger partial charge is 0.195 e. The van der Waals surface area contributed by atoms with Gasteiger partial charge in [-0.25, -0.2) is 0 Å². The Hall–Kier alpha value is -2.83. The fraction of sp³-hybridized carbons (Fsp3) is 0.375. The van der Waals surface area contributed by atoms with Crippen LogP contribution < -0.4 is 9.47 Å². The van der Waals surface area contributed by atoms with Gasteiger partial charge in [0.25, 0.3) is 0 Å². The average Bonchev–Trinajstić information content (AvgIpc) is 3.08. The van der Waals surface area contributed by atoms with Gasteiger partial charge in [0.1, 0.15) is 11.5 Å². The molecule has 30 heavy (non-hydrogen) atoms. The molecule has 0 atom stereocenters. The van der Waals surface area contributed by atoms with Crippen molar-refractivity contribution in [2.75, 3.05) is 47.1 Å². The Morgan fingerprint density at radius 2 is 1.63 bits per heavy atom. The molecular formula is C24H28N2O4. The number of morpholine rings is 1. The molecule has 158 valence electrons. The summed E-state index contributed by atoms with van der Waals surface area (Å²) < 4.78 is 18.4. The number of methoxy groups -OCH3 is 2. The summed E-state index contributed by atoms with van der Waals surface area (Å²) in [4.78, 5) is 15.8. The summed E-state index contributed by atoms with van der Waals surface area (Å²) in [5.41, 5.74) is 3.41. The molecule has 0 aliphatic carbocycles. The molecule has 1 fully saturated rings. The van der Waals surface area contributed by atoms with Gasteiger partial charge in [-0.3, -0.25) is 9.69 Å². The number of carbonyl (C=O) groups excluding carboxylic acids is 1. The van der Waals surface area contributed by atoms with E-state index >= 15 is 0 Å². The zero-order valence-electron chi connectivity index (χ0n) is 17.8. The molecule has 0 spiro atoms. The van der Waals surface area contributed by atoms with Crippen LogP contribution in [0.1, 0.15) is 21.6 Å². The van der Waals surface area contributed by atoms with Crippen molar-refractivity contribution < 1.29 is 19.0 Å². The van der Waals surface area contributed by atoms with Crippen molar-refractivity contribution in [3.8, 4) is 11.5 Å². The molecule has 1 aliphatic rings. The third-order valence-electron chi connectivity index (χ3n) is 5.85. The summed E-state index contributed by atoms with van der Waals surface area (Å²) in [5.74, 6) is 1.55. The normalized spacial score (nSPS) is 14.8. The second kappa shape index (κ2) is 8.90. The highest BCUT2D eigenvalue weighted by atomic mass is 16.5. The Morgan fingerprint density at radius 1 is 0.967 bits per heavy atom. The Balaban J connectivity index is 1.73. The predicted octanol–water partition coefficient (Wildman–Crippen LogP) is 3.53. The van der Waals surface area contributed by atoms with Gasteiger partial charge in [0.15, 0.2) is 5.78 Å². The Morgan fingerprint density at radius 3 is 2.30 bits per heavy atom. The van der Waals surface area contributed by atoms with Crippen molar-refractivity contribution in [3.05, 3.63) is 59.3 Å². The highest BCUT2D eigenvalue weighted by Gasteiger charge is 2.22. The van der Waals surface area contributed by atoms with Gasteiger partial charge in [-0.1, -0.05) is 0 Å². The summed E-state index contributed by atoms with van der Waals surface area (Å²) in [7, 11) is 3.29. The second-order valence-electron chi connectivity index (χ2n) is 7.51. The Bertz CT molecular complexity index is 1030. The van der Waals surface area contributed by atoms with Gasteiger partial charge in [0.2, 0.25) is 0 Å². The van der Waals surface area contributed by atoms with E-state index < -0.39 is 0 Å². The first-order valence-electron chi connectivity index (χ1n) is 10.3. The van der Waals surface area contributed by atoms with E-state index in [0.717, 1.165) is 73.1 Å². The summed E-state index contributed by atoms with van der Waals surface area (Å²) >= 11 is 0. The maximum atomic E-state index is 13.4. The Kier molecular flexibility index (Phi) is 6.06. The number of ketones is 1. The van der Waals surface area contributed by atoms with E-state index in [1.54, 1.807) is 14.2 Å². The van der Waals surface area contributed by atoms with E-state index in [0.29, 0.717) is 5.56 Å². The molecule has 1 aromatic heterocycles. The first-order chi connectivity index (χ1) is 14.6. The van der Waals surface area contributed by atoms with Gasteiger partial charge < -0.3 is 18.8 Å². The average molecular weight is 408 g/mol. The quantitative estimate of drug-likeness (QED) is 0.560. The maximum absolute atomic E-state index is 13.4. The number of hydrogen-bond acceptors (Lipinski definition) is 5. The lowest BCUT2D eigenvalue weighted by atomic mass is 10.0. The largest absolute Gasteiger partial charge is 0.497 e. The lowest BCUT2D eigenvalue weighted by molar-refractivity contribution is 0.0365. The van der Waals surface area contributed by atoms with E-state index in [1.165, 1.54) is 0 Å². The summed E-state index contributed by atoms with van der Waals surface area (Å²) in [6.07, 6.45) is 0. The molecule has 1 aliphatic heterocycles. The van der Waals surface area contributed by atoms with E-state index in [9.17, 15) is 4.79 Å². The lowest BCUT2D eigenvalue weighted by Crippen LogP contribution is -2.38. The lowest BCUT2D eigenvalue weighted by Gasteiger charge is -2.27. The van der Waals surface area contributed by atoms with Crippen molar-refractivity contribution in [2.24, 2.45) is 0 Å². The number of nitrogens with zero attached hydrogens (tertiary/aromatic N) is 2. The van der Waals surface area contributed by atoms with Gasteiger partial charge in [-0.2, -0.15) is 0 Å². The first-order valence-corrected chi connectivity index (χ1v) is 10.3. The van der Waals surface area contributed by atoms with Crippen LogP contribution in [0.2, 0.25) is 0 Å². The fourth-order valence-electron chi connectivity index (χ4n) is 4.11. The number of hydrogen-bond donors (Lipinski definition) is 0. The van der Waals surface area contributed by atoms with E-state index in [-0.39, 0.29) is 5.78 Å². The first kappa shape index (κ1) is 20.4. The second-order valence-corrected chi connectivity index (χ2v) is 7.51. The molecule has 6 nitrogen and oxygen atoms in total. The fourth-order valence-corrected chi connectivity index (χ4v) is 4.11. The number of aromatic nitrogens is 1. The zero-order valence-corrected chi connectivity index (χ0v) is 17.8. The SMILES string of the molecule is COc1ccc(C(=O)c2c(C)n(CCN3CCOCC3)c3cc(OC)ccc23)cc1. The summed E-state index contributed by atoms with van der Waals surface area (Å²) in [6.45, 7) is 7.20. The summed E-state index contributed by atoms with van der Waals surface area (Å²) in [6, 6.07) is 13.2. The molecule has 0 bridgehead atoms. The summed E-state index contributed by atoms with van der Waals surface area (Å²) in [5, 5.41) is 0.955. The monoisotopic (exact) mass is 408 g/mol. The standard InChI is InChI=1S/C24H28N2O4/c1-17-23(24(27)18-4-6-19(28-2)7-5-18)21-9-8-20(29-3)16-22(21)26(17)11-10-25-12-14-30-15-13-25/h4-9,16H,10-15H2,1-3H3. The molecule has 0 N–H and O–H groups in total. The minimum Gasteiger partial charge on any atom is -0.497 e. The van der Waals surface area contributed by atoms with Crippen LogP contribution in [0, 0.1) is 6.92 Å².